The van der Waals surface area contributed by atoms with Crippen molar-refractivity contribution >= 4 is 5.91 Å². The number of amides is 1. The number of carbonyl (C=O) groups is 1. The molecule has 0 unspecified atom stereocenters. The molecule has 1 fully saturated rings. The summed E-state index contributed by atoms with van der Waals surface area (Å²) in [6.45, 7) is 5.11. The third-order valence-electron chi connectivity index (χ3n) is 4.46. The Labute approximate surface area is 147 Å². The maximum absolute atomic E-state index is 12.5. The van der Waals surface area contributed by atoms with Gasteiger partial charge in [0.2, 0.25) is 5.91 Å². The van der Waals surface area contributed by atoms with E-state index in [1.807, 2.05) is 32.2 Å². The Balaban J connectivity index is 1.60. The maximum atomic E-state index is 12.5. The smallest absolute Gasteiger partial charge is 0.244 e. The summed E-state index contributed by atoms with van der Waals surface area (Å²) in [6.07, 6.45) is 5.43. The van der Waals surface area contributed by atoms with Gasteiger partial charge < -0.3 is 14.7 Å². The zero-order valence-corrected chi connectivity index (χ0v) is 14.6. The molecule has 7 heteroatoms. The molecule has 1 saturated heterocycles. The van der Waals surface area contributed by atoms with Crippen LogP contribution in [0.4, 0.5) is 0 Å². The monoisotopic (exact) mass is 344 g/mol. The Kier molecular flexibility index (Phi) is 5.33. The molecular formula is C18H24N4O3. The number of aromatic nitrogens is 3. The van der Waals surface area contributed by atoms with Gasteiger partial charge >= 0.3 is 0 Å². The zero-order chi connectivity index (χ0) is 17.8. The van der Waals surface area contributed by atoms with E-state index >= 15 is 0 Å². The van der Waals surface area contributed by atoms with Crippen LogP contribution in [0.5, 0.6) is 5.75 Å². The number of ether oxygens (including phenoxy) is 1. The van der Waals surface area contributed by atoms with E-state index in [0.717, 1.165) is 11.3 Å². The second-order valence-corrected chi connectivity index (χ2v) is 6.48. The number of aliphatic hydroxyl groups excluding tert-OH is 1. The van der Waals surface area contributed by atoms with Crippen LogP contribution in [0.15, 0.2) is 30.7 Å². The molecule has 134 valence electrons. The zero-order valence-electron chi connectivity index (χ0n) is 14.6. The Morgan fingerprint density at radius 2 is 2.16 bits per heavy atom. The summed E-state index contributed by atoms with van der Waals surface area (Å²) >= 11 is 0. The van der Waals surface area contributed by atoms with Crippen LogP contribution in [-0.4, -0.2) is 56.0 Å². The van der Waals surface area contributed by atoms with Crippen LogP contribution in [0.25, 0.3) is 0 Å². The van der Waals surface area contributed by atoms with E-state index in [1.54, 1.807) is 22.0 Å². The lowest BCUT2D eigenvalue weighted by atomic mass is 10.1. The van der Waals surface area contributed by atoms with E-state index in [9.17, 15) is 9.90 Å². The molecule has 1 N–H and O–H groups in total. The van der Waals surface area contributed by atoms with Crippen LogP contribution in [-0.2, 0) is 11.3 Å². The molecule has 1 amide bonds. The highest BCUT2D eigenvalue weighted by molar-refractivity contribution is 5.75. The lowest BCUT2D eigenvalue weighted by molar-refractivity contribution is -0.132. The Morgan fingerprint density at radius 1 is 1.36 bits per heavy atom. The normalized spacial score (nSPS) is 21.0. The van der Waals surface area contributed by atoms with Crippen molar-refractivity contribution < 1.29 is 14.6 Å². The van der Waals surface area contributed by atoms with Gasteiger partial charge in [-0.2, -0.15) is 5.10 Å². The molecular weight excluding hydrogens is 320 g/mol. The number of carbonyl (C=O) groups excluding carboxylic acids is 1. The van der Waals surface area contributed by atoms with Gasteiger partial charge in [0.1, 0.15) is 18.4 Å². The standard InChI is InChI=1S/C18H24N4O3/c1-13-10-20-22(11-13)12-18(24)21-8-5-15(23)17(6-9-21)25-16-4-3-7-19-14(16)2/h3-4,7,10-11,15,17,23H,5-6,8-9,12H2,1-2H3/t15-,17-/m0/s1. The molecule has 0 radical (unpaired) electrons. The fraction of sp³-hybridized carbons (Fsp3) is 0.500. The lowest BCUT2D eigenvalue weighted by Crippen LogP contribution is -2.35. The Morgan fingerprint density at radius 3 is 2.88 bits per heavy atom. The molecule has 25 heavy (non-hydrogen) atoms. The van der Waals surface area contributed by atoms with Crippen LogP contribution in [0.2, 0.25) is 0 Å². The minimum Gasteiger partial charge on any atom is -0.486 e. The molecule has 0 aliphatic carbocycles. The largest absolute Gasteiger partial charge is 0.486 e. The van der Waals surface area contributed by atoms with Crippen molar-refractivity contribution in [1.82, 2.24) is 19.7 Å². The van der Waals surface area contributed by atoms with E-state index in [-0.39, 0.29) is 18.6 Å². The van der Waals surface area contributed by atoms with Gasteiger partial charge in [0.15, 0.2) is 0 Å². The molecule has 3 heterocycles. The van der Waals surface area contributed by atoms with Crippen LogP contribution >= 0.6 is 0 Å². The summed E-state index contributed by atoms with van der Waals surface area (Å²) in [5.41, 5.74) is 1.82. The minimum atomic E-state index is -0.607. The van der Waals surface area contributed by atoms with E-state index in [4.69, 9.17) is 4.74 Å². The van der Waals surface area contributed by atoms with E-state index in [1.165, 1.54) is 0 Å². The average molecular weight is 344 g/mol. The summed E-state index contributed by atoms with van der Waals surface area (Å²) in [5, 5.41) is 14.6. The van der Waals surface area contributed by atoms with Crippen LogP contribution < -0.4 is 4.74 Å². The van der Waals surface area contributed by atoms with Gasteiger partial charge in [-0.3, -0.25) is 14.5 Å². The number of aryl methyl sites for hydroxylation is 2. The van der Waals surface area contributed by atoms with E-state index < -0.39 is 6.10 Å². The third kappa shape index (κ3) is 4.36. The molecule has 0 saturated carbocycles. The number of pyridine rings is 1. The maximum Gasteiger partial charge on any atom is 0.244 e. The summed E-state index contributed by atoms with van der Waals surface area (Å²) in [5.74, 6) is 0.687. The number of likely N-dealkylation sites (tertiary alicyclic amines) is 1. The second kappa shape index (κ2) is 7.65. The molecule has 0 bridgehead atoms. The van der Waals surface area contributed by atoms with Crippen LogP contribution in [0, 0.1) is 13.8 Å². The number of aliphatic hydroxyl groups is 1. The quantitative estimate of drug-likeness (QED) is 0.905. The molecule has 3 rings (SSSR count). The first-order valence-corrected chi connectivity index (χ1v) is 8.56. The topological polar surface area (TPSA) is 80.5 Å². The molecule has 0 spiro atoms. The third-order valence-corrected chi connectivity index (χ3v) is 4.46. The van der Waals surface area contributed by atoms with Crippen molar-refractivity contribution in [1.29, 1.82) is 0 Å². The van der Waals surface area contributed by atoms with Crippen LogP contribution in [0.1, 0.15) is 24.1 Å². The van der Waals surface area contributed by atoms with Crippen molar-refractivity contribution in [2.45, 2.75) is 45.4 Å². The van der Waals surface area contributed by atoms with Crippen molar-refractivity contribution in [3.63, 3.8) is 0 Å². The number of nitrogens with zero attached hydrogens (tertiary/aromatic N) is 4. The van der Waals surface area contributed by atoms with Gasteiger partial charge in [0.05, 0.1) is 18.0 Å². The molecule has 1 aliphatic rings. The number of hydrogen-bond acceptors (Lipinski definition) is 5. The number of hydrogen-bond donors (Lipinski definition) is 1. The molecule has 2 aromatic rings. The van der Waals surface area contributed by atoms with E-state index in [2.05, 4.69) is 10.1 Å². The van der Waals surface area contributed by atoms with Gasteiger partial charge in [0.25, 0.3) is 0 Å². The van der Waals surface area contributed by atoms with Gasteiger partial charge in [-0.1, -0.05) is 0 Å². The van der Waals surface area contributed by atoms with Crippen LogP contribution in [0.3, 0.4) is 0 Å². The highest BCUT2D eigenvalue weighted by atomic mass is 16.5. The summed E-state index contributed by atoms with van der Waals surface area (Å²) in [4.78, 5) is 18.5. The lowest BCUT2D eigenvalue weighted by Gasteiger charge is -2.22. The van der Waals surface area contributed by atoms with Crippen molar-refractivity contribution in [2.75, 3.05) is 13.1 Å². The second-order valence-electron chi connectivity index (χ2n) is 6.48. The molecule has 1 aliphatic heterocycles. The fourth-order valence-electron chi connectivity index (χ4n) is 3.00. The SMILES string of the molecule is Cc1cnn(CC(=O)N2CC[C@H](Oc3cccnc3C)[C@@H](O)CC2)c1. The van der Waals surface area contributed by atoms with Gasteiger partial charge in [-0.25, -0.2) is 0 Å². The highest BCUT2D eigenvalue weighted by Crippen LogP contribution is 2.21. The van der Waals surface area contributed by atoms with Gasteiger partial charge in [-0.05, 0) is 38.0 Å². The number of rotatable bonds is 4. The van der Waals surface area contributed by atoms with Crippen molar-refractivity contribution in [2.24, 2.45) is 0 Å². The molecule has 7 nitrogen and oxygen atoms in total. The van der Waals surface area contributed by atoms with Crippen molar-refractivity contribution in [3.05, 3.63) is 42.0 Å². The first-order chi connectivity index (χ1) is 12.0. The molecule has 0 aromatic carbocycles. The predicted octanol–water partition coefficient (Wildman–Crippen LogP) is 1.33. The Bertz CT molecular complexity index is 731. The summed E-state index contributed by atoms with van der Waals surface area (Å²) < 4.78 is 7.60. The molecule has 2 aromatic heterocycles. The molecule has 2 atom stereocenters. The van der Waals surface area contributed by atoms with Gasteiger partial charge in [0, 0.05) is 31.9 Å². The average Bonchev–Trinajstić information content (AvgIpc) is 2.90. The first-order valence-electron chi connectivity index (χ1n) is 8.56. The summed E-state index contributed by atoms with van der Waals surface area (Å²) in [7, 11) is 0. The fourth-order valence-corrected chi connectivity index (χ4v) is 3.00. The minimum absolute atomic E-state index is 0.00788. The predicted molar refractivity (Wildman–Crippen MR) is 92.2 cm³/mol. The Hall–Kier alpha value is -2.41. The van der Waals surface area contributed by atoms with E-state index in [0.29, 0.717) is 31.7 Å². The van der Waals surface area contributed by atoms with Gasteiger partial charge in [-0.15, -0.1) is 0 Å². The summed E-state index contributed by atoms with van der Waals surface area (Å²) in [6, 6.07) is 3.66. The highest BCUT2D eigenvalue weighted by Gasteiger charge is 2.28. The van der Waals surface area contributed by atoms with Crippen molar-refractivity contribution in [3.8, 4) is 5.75 Å². The first kappa shape index (κ1) is 17.4.